The summed E-state index contributed by atoms with van der Waals surface area (Å²) < 4.78 is 6.55. The zero-order valence-corrected chi connectivity index (χ0v) is 16.0. The van der Waals surface area contributed by atoms with E-state index in [-0.39, 0.29) is 12.1 Å². The number of aromatic nitrogens is 3. The van der Waals surface area contributed by atoms with Crippen LogP contribution in [-0.2, 0) is 6.42 Å². The maximum absolute atomic E-state index is 13.1. The number of hydrogen-bond donors (Lipinski definition) is 0. The van der Waals surface area contributed by atoms with Crippen molar-refractivity contribution in [1.29, 1.82) is 0 Å². The van der Waals surface area contributed by atoms with Gasteiger partial charge in [0.25, 0.3) is 0 Å². The SMILES string of the molecule is COc1ccc(-c2cn(C(=O)N3CCCCC3Cc3ccccc3)nn2)cc1. The van der Waals surface area contributed by atoms with Crippen molar-refractivity contribution in [2.24, 2.45) is 0 Å². The lowest BCUT2D eigenvalue weighted by atomic mass is 9.96. The summed E-state index contributed by atoms with van der Waals surface area (Å²) in [6, 6.07) is 18.0. The molecule has 6 nitrogen and oxygen atoms in total. The normalized spacial score (nSPS) is 16.8. The zero-order chi connectivity index (χ0) is 19.3. The third-order valence-electron chi connectivity index (χ3n) is 5.26. The van der Waals surface area contributed by atoms with Gasteiger partial charge < -0.3 is 9.64 Å². The molecule has 0 bridgehead atoms. The first-order valence-corrected chi connectivity index (χ1v) is 9.66. The Morgan fingerprint density at radius 3 is 2.64 bits per heavy atom. The standard InChI is InChI=1S/C22H24N4O2/c1-28-20-12-10-18(11-13-20)21-16-26(24-23-21)22(27)25-14-6-5-9-19(25)15-17-7-3-2-4-8-17/h2-4,7-8,10-13,16,19H,5-6,9,14-15H2,1H3. The van der Waals surface area contributed by atoms with Gasteiger partial charge in [0, 0.05) is 18.2 Å². The highest BCUT2D eigenvalue weighted by molar-refractivity contribution is 5.77. The highest BCUT2D eigenvalue weighted by Crippen LogP contribution is 2.23. The Kier molecular flexibility index (Phi) is 5.37. The van der Waals surface area contributed by atoms with E-state index in [9.17, 15) is 4.79 Å². The minimum Gasteiger partial charge on any atom is -0.497 e. The summed E-state index contributed by atoms with van der Waals surface area (Å²) in [6.07, 6.45) is 5.76. The highest BCUT2D eigenvalue weighted by atomic mass is 16.5. The van der Waals surface area contributed by atoms with Crippen LogP contribution in [-0.4, -0.2) is 45.6 Å². The summed E-state index contributed by atoms with van der Waals surface area (Å²) in [6.45, 7) is 0.758. The molecule has 0 N–H and O–H groups in total. The molecule has 1 aliphatic rings. The molecule has 0 spiro atoms. The van der Waals surface area contributed by atoms with Crippen LogP contribution in [0.5, 0.6) is 5.75 Å². The summed E-state index contributed by atoms with van der Waals surface area (Å²) in [5.74, 6) is 0.782. The number of piperidine rings is 1. The second-order valence-corrected chi connectivity index (χ2v) is 7.09. The van der Waals surface area contributed by atoms with Crippen LogP contribution >= 0.6 is 0 Å². The largest absolute Gasteiger partial charge is 0.497 e. The van der Waals surface area contributed by atoms with Crippen molar-refractivity contribution in [2.45, 2.75) is 31.7 Å². The molecule has 1 saturated heterocycles. The van der Waals surface area contributed by atoms with Crippen LogP contribution in [0, 0.1) is 0 Å². The maximum atomic E-state index is 13.1. The fraction of sp³-hybridized carbons (Fsp3) is 0.318. The van der Waals surface area contributed by atoms with Crippen molar-refractivity contribution in [3.05, 3.63) is 66.4 Å². The monoisotopic (exact) mass is 376 g/mol. The van der Waals surface area contributed by atoms with Crippen molar-refractivity contribution < 1.29 is 9.53 Å². The van der Waals surface area contributed by atoms with Crippen LogP contribution in [0.3, 0.4) is 0 Å². The summed E-state index contributed by atoms with van der Waals surface area (Å²) in [5, 5.41) is 8.29. The highest BCUT2D eigenvalue weighted by Gasteiger charge is 2.28. The summed E-state index contributed by atoms with van der Waals surface area (Å²) in [5.41, 5.74) is 2.83. The Morgan fingerprint density at radius 2 is 1.89 bits per heavy atom. The van der Waals surface area contributed by atoms with Crippen molar-refractivity contribution >= 4 is 6.03 Å². The third kappa shape index (κ3) is 3.91. The second-order valence-electron chi connectivity index (χ2n) is 7.09. The second kappa shape index (κ2) is 8.25. The van der Waals surface area contributed by atoms with E-state index in [0.29, 0.717) is 5.69 Å². The van der Waals surface area contributed by atoms with Gasteiger partial charge in [0.05, 0.1) is 13.3 Å². The van der Waals surface area contributed by atoms with Gasteiger partial charge in [-0.25, -0.2) is 4.79 Å². The van der Waals surface area contributed by atoms with Crippen molar-refractivity contribution in [2.75, 3.05) is 13.7 Å². The molecule has 1 aromatic heterocycles. The molecule has 0 radical (unpaired) electrons. The van der Waals surface area contributed by atoms with Crippen molar-refractivity contribution in [3.8, 4) is 17.0 Å². The first-order valence-electron chi connectivity index (χ1n) is 9.66. The molecule has 3 aromatic rings. The van der Waals surface area contributed by atoms with E-state index < -0.39 is 0 Å². The predicted octanol–water partition coefficient (Wildman–Crippen LogP) is 4.02. The van der Waals surface area contributed by atoms with Gasteiger partial charge in [-0.15, -0.1) is 5.10 Å². The number of nitrogens with zero attached hydrogens (tertiary/aromatic N) is 4. The van der Waals surface area contributed by atoms with Crippen LogP contribution in [0.25, 0.3) is 11.3 Å². The minimum atomic E-state index is -0.104. The molecule has 1 aliphatic heterocycles. The van der Waals surface area contributed by atoms with Crippen molar-refractivity contribution in [3.63, 3.8) is 0 Å². The number of hydrogen-bond acceptors (Lipinski definition) is 4. The van der Waals surface area contributed by atoms with E-state index in [1.165, 1.54) is 10.2 Å². The number of rotatable bonds is 4. The average Bonchev–Trinajstić information content (AvgIpc) is 3.25. The van der Waals surface area contributed by atoms with Gasteiger partial charge in [-0.05, 0) is 55.5 Å². The molecule has 2 aromatic carbocycles. The molecule has 6 heteroatoms. The molecule has 4 rings (SSSR count). The molecule has 0 saturated carbocycles. The van der Waals surface area contributed by atoms with E-state index in [4.69, 9.17) is 4.74 Å². The van der Waals surface area contributed by atoms with E-state index in [2.05, 4.69) is 22.4 Å². The van der Waals surface area contributed by atoms with Crippen LogP contribution < -0.4 is 4.74 Å². The van der Waals surface area contributed by atoms with Crippen LogP contribution in [0.1, 0.15) is 24.8 Å². The first kappa shape index (κ1) is 18.2. The number of carbonyl (C=O) groups is 1. The number of likely N-dealkylation sites (tertiary alicyclic amines) is 1. The number of amides is 1. The number of ether oxygens (including phenoxy) is 1. The first-order chi connectivity index (χ1) is 13.7. The molecule has 1 fully saturated rings. The van der Waals surface area contributed by atoms with Crippen molar-refractivity contribution in [1.82, 2.24) is 19.9 Å². The lowest BCUT2D eigenvalue weighted by Crippen LogP contribution is -2.46. The molecule has 144 valence electrons. The fourth-order valence-electron chi connectivity index (χ4n) is 3.73. The number of benzene rings is 2. The van der Waals surface area contributed by atoms with Crippen LogP contribution in [0.2, 0.25) is 0 Å². The van der Waals surface area contributed by atoms with Gasteiger partial charge in [-0.2, -0.15) is 4.68 Å². The zero-order valence-electron chi connectivity index (χ0n) is 16.0. The number of carbonyl (C=O) groups excluding carboxylic acids is 1. The van der Waals surface area contributed by atoms with Crippen LogP contribution in [0.15, 0.2) is 60.8 Å². The summed E-state index contributed by atoms with van der Waals surface area (Å²) in [7, 11) is 1.63. The van der Waals surface area contributed by atoms with Gasteiger partial charge in [0.1, 0.15) is 11.4 Å². The molecule has 2 heterocycles. The van der Waals surface area contributed by atoms with E-state index in [1.54, 1.807) is 13.3 Å². The fourth-order valence-corrected chi connectivity index (χ4v) is 3.73. The molecule has 1 amide bonds. The molecule has 1 unspecified atom stereocenters. The maximum Gasteiger partial charge on any atom is 0.346 e. The Bertz CT molecular complexity index is 921. The summed E-state index contributed by atoms with van der Waals surface area (Å²) >= 11 is 0. The Morgan fingerprint density at radius 1 is 1.11 bits per heavy atom. The Hall–Kier alpha value is -3.15. The lowest BCUT2D eigenvalue weighted by molar-refractivity contribution is 0.149. The van der Waals surface area contributed by atoms with Crippen LogP contribution in [0.4, 0.5) is 4.79 Å². The van der Waals surface area contributed by atoms with E-state index in [1.807, 2.05) is 47.4 Å². The van der Waals surface area contributed by atoms with Gasteiger partial charge in [-0.1, -0.05) is 35.5 Å². The van der Waals surface area contributed by atoms with E-state index >= 15 is 0 Å². The topological polar surface area (TPSA) is 60.2 Å². The molecular formula is C22H24N4O2. The van der Waals surface area contributed by atoms with Gasteiger partial charge in [-0.3, -0.25) is 0 Å². The average molecular weight is 376 g/mol. The lowest BCUT2D eigenvalue weighted by Gasteiger charge is -2.35. The molecular weight excluding hydrogens is 352 g/mol. The van der Waals surface area contributed by atoms with Gasteiger partial charge in [0.15, 0.2) is 0 Å². The Balaban J connectivity index is 1.51. The predicted molar refractivity (Wildman–Crippen MR) is 107 cm³/mol. The van der Waals surface area contributed by atoms with Gasteiger partial charge >= 0.3 is 6.03 Å². The van der Waals surface area contributed by atoms with E-state index in [0.717, 1.165) is 43.5 Å². The molecule has 0 aliphatic carbocycles. The number of methoxy groups -OCH3 is 1. The smallest absolute Gasteiger partial charge is 0.346 e. The molecule has 1 atom stereocenters. The van der Waals surface area contributed by atoms with Gasteiger partial charge in [0.2, 0.25) is 0 Å². The summed E-state index contributed by atoms with van der Waals surface area (Å²) in [4.78, 5) is 15.1. The quantitative estimate of drug-likeness (QED) is 0.690. The third-order valence-corrected chi connectivity index (χ3v) is 5.26. The minimum absolute atomic E-state index is 0.104. The Labute approximate surface area is 164 Å². The molecule has 28 heavy (non-hydrogen) atoms.